The van der Waals surface area contributed by atoms with E-state index in [1.165, 1.54) is 30.7 Å². The first-order valence-corrected chi connectivity index (χ1v) is 12.7. The van der Waals surface area contributed by atoms with Crippen LogP contribution in [-0.2, 0) is 28.7 Å². The largest absolute Gasteiger partial charge is 0.461 e. The van der Waals surface area contributed by atoms with Gasteiger partial charge in [0, 0.05) is 26.6 Å². The Morgan fingerprint density at radius 1 is 1.17 bits per heavy atom. The highest BCUT2D eigenvalue weighted by atomic mass is 16.5. The van der Waals surface area contributed by atoms with E-state index in [2.05, 4.69) is 12.2 Å². The molecule has 11 heteroatoms. The second-order valence-corrected chi connectivity index (χ2v) is 10.4. The predicted octanol–water partition coefficient (Wildman–Crippen LogP) is -0.0591. The fourth-order valence-electron chi connectivity index (χ4n) is 5.10. The molecule has 0 saturated carbocycles. The zero-order valence-electron chi connectivity index (χ0n) is 22.3. The molecule has 2 aliphatic heterocycles. The van der Waals surface area contributed by atoms with Crippen molar-refractivity contribution in [2.24, 2.45) is 5.92 Å². The molecule has 2 heterocycles. The van der Waals surface area contributed by atoms with E-state index in [0.29, 0.717) is 31.6 Å². The molecule has 3 amide bonds. The van der Waals surface area contributed by atoms with Crippen molar-refractivity contribution in [3.8, 4) is 0 Å². The van der Waals surface area contributed by atoms with Crippen LogP contribution in [0, 0.1) is 5.92 Å². The number of amides is 3. The molecule has 5 unspecified atom stereocenters. The lowest BCUT2D eigenvalue weighted by Gasteiger charge is -2.34. The van der Waals surface area contributed by atoms with Gasteiger partial charge in [-0.3, -0.25) is 24.1 Å². The monoisotopic (exact) mass is 510 g/mol. The minimum Gasteiger partial charge on any atom is -0.461 e. The molecule has 0 radical (unpaired) electrons. The van der Waals surface area contributed by atoms with Gasteiger partial charge in [0.2, 0.25) is 17.7 Å². The van der Waals surface area contributed by atoms with E-state index in [1.54, 1.807) is 6.92 Å². The quantitative estimate of drug-likeness (QED) is 0.291. The molecule has 2 saturated heterocycles. The van der Waals surface area contributed by atoms with Crippen molar-refractivity contribution < 1.29 is 33.8 Å². The molecule has 0 spiro atoms. The number of carbonyl (C=O) groups excluding carboxylic acids is 5. The molecule has 36 heavy (non-hydrogen) atoms. The van der Waals surface area contributed by atoms with Crippen LogP contribution in [0.4, 0.5) is 0 Å². The summed E-state index contributed by atoms with van der Waals surface area (Å²) in [5, 5.41) is 12.7. The van der Waals surface area contributed by atoms with Crippen LogP contribution in [-0.4, -0.2) is 113 Å². The van der Waals surface area contributed by atoms with Crippen molar-refractivity contribution in [1.82, 2.24) is 20.0 Å². The summed E-state index contributed by atoms with van der Waals surface area (Å²) < 4.78 is 5.55. The van der Waals surface area contributed by atoms with Gasteiger partial charge >= 0.3 is 5.97 Å². The Morgan fingerprint density at radius 2 is 1.83 bits per heavy atom. The number of rotatable bonds is 11. The van der Waals surface area contributed by atoms with Gasteiger partial charge in [-0.25, -0.2) is 0 Å². The molecule has 2 rings (SSSR count). The first-order valence-electron chi connectivity index (χ1n) is 12.7. The van der Waals surface area contributed by atoms with Crippen molar-refractivity contribution in [2.75, 3.05) is 27.2 Å². The zero-order valence-corrected chi connectivity index (χ0v) is 22.3. The van der Waals surface area contributed by atoms with Gasteiger partial charge in [0.05, 0.1) is 24.6 Å². The summed E-state index contributed by atoms with van der Waals surface area (Å²) in [5.74, 6) is -1.04. The summed E-state index contributed by atoms with van der Waals surface area (Å²) in [7, 11) is 3.38. The average molecular weight is 511 g/mol. The number of esters is 1. The summed E-state index contributed by atoms with van der Waals surface area (Å²) >= 11 is 0. The van der Waals surface area contributed by atoms with Gasteiger partial charge in [-0.15, -0.1) is 0 Å². The number of nitrogens with one attached hydrogen (secondary N) is 1. The number of likely N-dealkylation sites (N-methyl/N-ethyl adjacent to an activating group) is 2. The van der Waals surface area contributed by atoms with Crippen LogP contribution in [0.1, 0.15) is 59.8 Å². The third kappa shape index (κ3) is 7.73. The number of aliphatic hydroxyl groups excluding tert-OH is 1. The van der Waals surface area contributed by atoms with E-state index in [4.69, 9.17) is 4.74 Å². The lowest BCUT2D eigenvalue weighted by Crippen LogP contribution is -2.53. The number of hydrogen-bond acceptors (Lipinski definition) is 8. The highest BCUT2D eigenvalue weighted by molar-refractivity contribution is 5.89. The Bertz CT molecular complexity index is 820. The van der Waals surface area contributed by atoms with Gasteiger partial charge in [0.1, 0.15) is 24.5 Å². The number of ether oxygens (including phenoxy) is 1. The molecule has 204 valence electrons. The fourth-order valence-corrected chi connectivity index (χ4v) is 5.10. The Morgan fingerprint density at radius 3 is 2.39 bits per heavy atom. The summed E-state index contributed by atoms with van der Waals surface area (Å²) in [6, 6.07) is -2.52. The normalized spacial score (nSPS) is 25.5. The van der Waals surface area contributed by atoms with Crippen molar-refractivity contribution in [3.63, 3.8) is 0 Å². The van der Waals surface area contributed by atoms with Crippen LogP contribution in [0.5, 0.6) is 0 Å². The van der Waals surface area contributed by atoms with E-state index in [1.807, 2.05) is 11.9 Å². The smallest absolute Gasteiger partial charge is 0.323 e. The van der Waals surface area contributed by atoms with Gasteiger partial charge in [-0.1, -0.05) is 6.92 Å². The molecule has 0 aromatic rings. The average Bonchev–Trinajstić information content (AvgIpc) is 3.42. The molecule has 11 nitrogen and oxygen atoms in total. The maximum atomic E-state index is 13.3. The molecule has 0 aromatic carbocycles. The lowest BCUT2D eigenvalue weighted by atomic mass is 10.0. The van der Waals surface area contributed by atoms with Crippen LogP contribution in [0.15, 0.2) is 0 Å². The maximum Gasteiger partial charge on any atom is 0.323 e. The Kier molecular flexibility index (Phi) is 10.8. The van der Waals surface area contributed by atoms with E-state index < -0.39 is 36.2 Å². The first-order chi connectivity index (χ1) is 16.8. The first kappa shape index (κ1) is 29.7. The second kappa shape index (κ2) is 13.1. The Hall–Kier alpha value is -2.53. The molecular weight excluding hydrogens is 468 g/mol. The Balaban J connectivity index is 1.98. The van der Waals surface area contributed by atoms with Gasteiger partial charge in [-0.05, 0) is 53.0 Å². The molecular formula is C25H42N4O7. The van der Waals surface area contributed by atoms with Crippen molar-refractivity contribution in [2.45, 2.75) is 96.2 Å². The zero-order chi connectivity index (χ0) is 27.2. The van der Waals surface area contributed by atoms with E-state index in [9.17, 15) is 29.1 Å². The molecule has 2 N–H and O–H groups in total. The van der Waals surface area contributed by atoms with Crippen molar-refractivity contribution in [3.05, 3.63) is 0 Å². The lowest BCUT2D eigenvalue weighted by molar-refractivity contribution is -0.156. The molecule has 2 fully saturated rings. The van der Waals surface area contributed by atoms with Crippen LogP contribution in [0.25, 0.3) is 0 Å². The van der Waals surface area contributed by atoms with E-state index in [-0.39, 0.29) is 36.7 Å². The minimum absolute atomic E-state index is 0.0307. The second-order valence-electron chi connectivity index (χ2n) is 10.4. The topological polar surface area (TPSA) is 137 Å². The van der Waals surface area contributed by atoms with Crippen molar-refractivity contribution in [1.29, 1.82) is 0 Å². The number of nitrogens with zero attached hydrogens (tertiary/aromatic N) is 3. The minimum atomic E-state index is -1.00. The summed E-state index contributed by atoms with van der Waals surface area (Å²) in [4.78, 5) is 66.8. The SMILES string of the molecule is CC(C=O)NC(=O)CC(C(C)O)N(C)C(=O)[C@@H]1CCCN1C(=O)CC(C)OC(=O)C1C[C@@H](C)CN1C. The number of likely N-dealkylation sites (tertiary alicyclic amines) is 2. The number of hydrogen-bond donors (Lipinski definition) is 2. The van der Waals surface area contributed by atoms with E-state index >= 15 is 0 Å². The van der Waals surface area contributed by atoms with Gasteiger partial charge in [-0.2, -0.15) is 0 Å². The van der Waals surface area contributed by atoms with Crippen LogP contribution >= 0.6 is 0 Å². The number of aliphatic hydroxyl groups is 1. The van der Waals surface area contributed by atoms with Crippen LogP contribution in [0.3, 0.4) is 0 Å². The van der Waals surface area contributed by atoms with Gasteiger partial charge in [0.25, 0.3) is 0 Å². The van der Waals surface area contributed by atoms with Crippen molar-refractivity contribution >= 4 is 30.0 Å². The third-order valence-corrected chi connectivity index (χ3v) is 7.06. The fraction of sp³-hybridized carbons (Fsp3) is 0.800. The summed E-state index contributed by atoms with van der Waals surface area (Å²) in [6.07, 6.45) is 0.588. The molecule has 0 aliphatic carbocycles. The predicted molar refractivity (Wildman–Crippen MR) is 132 cm³/mol. The highest BCUT2D eigenvalue weighted by Gasteiger charge is 2.40. The molecule has 0 bridgehead atoms. The number of carbonyl (C=O) groups is 5. The summed E-state index contributed by atoms with van der Waals surface area (Å²) in [6.45, 7) is 8.01. The Labute approximate surface area is 213 Å². The maximum absolute atomic E-state index is 13.3. The van der Waals surface area contributed by atoms with Crippen LogP contribution in [0.2, 0.25) is 0 Å². The third-order valence-electron chi connectivity index (χ3n) is 7.06. The highest BCUT2D eigenvalue weighted by Crippen LogP contribution is 2.25. The van der Waals surface area contributed by atoms with Gasteiger partial charge < -0.3 is 29.8 Å². The van der Waals surface area contributed by atoms with Gasteiger partial charge in [0.15, 0.2) is 0 Å². The molecule has 7 atom stereocenters. The van der Waals surface area contributed by atoms with Crippen LogP contribution < -0.4 is 5.32 Å². The molecule has 2 aliphatic rings. The molecule has 0 aromatic heterocycles. The standard InChI is InChI=1S/C25H42N4O7/c1-15-10-21(27(5)13-15)25(35)36-17(3)11-23(33)29-9-7-8-19(29)24(34)28(6)20(18(4)31)12-22(32)26-16(2)14-30/h14-21,31H,7-13H2,1-6H3,(H,26,32)/t15-,16?,17?,18?,19+,20?,21?/m1/s1. The number of aldehydes is 1. The van der Waals surface area contributed by atoms with E-state index in [0.717, 1.165) is 13.0 Å². The summed E-state index contributed by atoms with van der Waals surface area (Å²) in [5.41, 5.74) is 0.